The van der Waals surface area contributed by atoms with Crippen molar-refractivity contribution >= 4 is 72.1 Å². The fraction of sp³-hybridized carbons (Fsp3) is 0. The second kappa shape index (κ2) is 9.77. The first-order valence-corrected chi connectivity index (χ1v) is 15.3. The van der Waals surface area contributed by atoms with Crippen LogP contribution >= 0.6 is 0 Å². The van der Waals surface area contributed by atoms with Gasteiger partial charge in [-0.25, -0.2) is 4.98 Å². The molecule has 0 fully saturated rings. The lowest BCUT2D eigenvalue weighted by atomic mass is 9.84. The minimum Gasteiger partial charge on any atom is -0.292 e. The van der Waals surface area contributed by atoms with Crippen molar-refractivity contribution in [2.24, 2.45) is 0 Å². The first-order valence-electron chi connectivity index (χ1n) is 15.3. The molecule has 9 rings (SSSR count). The third kappa shape index (κ3) is 3.66. The van der Waals surface area contributed by atoms with Crippen molar-refractivity contribution < 1.29 is 0 Å². The van der Waals surface area contributed by atoms with E-state index in [0.717, 1.165) is 38.7 Å². The summed E-state index contributed by atoms with van der Waals surface area (Å²) in [6, 6.07) is 48.1. The Labute approximate surface area is 260 Å². The Balaban J connectivity index is 1.46. The van der Waals surface area contributed by atoms with Crippen LogP contribution in [0.4, 0.5) is 0 Å². The van der Waals surface area contributed by atoms with E-state index in [-0.39, 0.29) is 0 Å². The fourth-order valence-corrected chi connectivity index (χ4v) is 7.30. The van der Waals surface area contributed by atoms with Gasteiger partial charge in [-0.1, -0.05) is 116 Å². The Hall–Kier alpha value is -5.99. The molecule has 0 aliphatic heterocycles. The Morgan fingerprint density at radius 2 is 1.02 bits per heavy atom. The molecule has 7 aromatic carbocycles. The van der Waals surface area contributed by atoms with Gasteiger partial charge in [0, 0.05) is 10.8 Å². The predicted octanol–water partition coefficient (Wildman–Crippen LogP) is 11.7. The summed E-state index contributed by atoms with van der Waals surface area (Å²) in [5, 5.41) is 8.40. The molecule has 0 aliphatic rings. The molecule has 9 aromatic rings. The summed E-state index contributed by atoms with van der Waals surface area (Å²) in [7, 11) is 0. The average Bonchev–Trinajstić information content (AvgIpc) is 3.50. The molecule has 2 heterocycles. The van der Waals surface area contributed by atoms with Crippen LogP contribution in [-0.2, 0) is 0 Å². The number of para-hydroxylation sites is 3. The summed E-state index contributed by atoms with van der Waals surface area (Å²) >= 11 is 0. The van der Waals surface area contributed by atoms with Crippen LogP contribution in [0.3, 0.4) is 0 Å². The van der Waals surface area contributed by atoms with Gasteiger partial charge < -0.3 is 0 Å². The zero-order chi connectivity index (χ0) is 30.1. The van der Waals surface area contributed by atoms with Crippen LogP contribution in [0.25, 0.3) is 94.3 Å². The van der Waals surface area contributed by atoms with Gasteiger partial charge in [0.05, 0.1) is 16.6 Å². The van der Waals surface area contributed by atoms with Gasteiger partial charge in [0.1, 0.15) is 5.65 Å². The molecular formula is C43H28N2. The lowest BCUT2D eigenvalue weighted by Gasteiger charge is -2.20. The van der Waals surface area contributed by atoms with Crippen molar-refractivity contribution in [3.8, 4) is 22.3 Å². The second-order valence-corrected chi connectivity index (χ2v) is 11.6. The molecule has 2 nitrogen and oxygen atoms in total. The zero-order valence-electron chi connectivity index (χ0n) is 24.7. The molecule has 0 atom stereocenters. The number of fused-ring (bicyclic) bond motifs is 10. The first-order chi connectivity index (χ1) is 22.2. The lowest BCUT2D eigenvalue weighted by molar-refractivity contribution is 1.31. The van der Waals surface area contributed by atoms with E-state index in [0.29, 0.717) is 0 Å². The topological polar surface area (TPSA) is 17.3 Å². The van der Waals surface area contributed by atoms with E-state index in [9.17, 15) is 0 Å². The van der Waals surface area contributed by atoms with Crippen LogP contribution < -0.4 is 0 Å². The van der Waals surface area contributed by atoms with E-state index in [1.165, 1.54) is 54.6 Å². The number of rotatable bonds is 4. The van der Waals surface area contributed by atoms with Gasteiger partial charge in [-0.2, -0.15) is 0 Å². The molecule has 0 saturated carbocycles. The Kier molecular flexibility index (Phi) is 5.54. The van der Waals surface area contributed by atoms with Gasteiger partial charge in [0.2, 0.25) is 0 Å². The number of hydrogen-bond donors (Lipinski definition) is 0. The predicted molar refractivity (Wildman–Crippen MR) is 194 cm³/mol. The highest BCUT2D eigenvalue weighted by atomic mass is 15.0. The molecule has 0 bridgehead atoms. The zero-order valence-corrected chi connectivity index (χ0v) is 24.7. The minimum absolute atomic E-state index is 0.982. The molecule has 2 aromatic heterocycles. The summed E-state index contributed by atoms with van der Waals surface area (Å²) in [6.45, 7) is 8.30. The summed E-state index contributed by atoms with van der Waals surface area (Å²) in [4.78, 5) is 5.13. The molecule has 0 aliphatic carbocycles. The number of imidazole rings is 1. The monoisotopic (exact) mass is 572 g/mol. The van der Waals surface area contributed by atoms with E-state index in [1.54, 1.807) is 0 Å². The molecule has 0 saturated heterocycles. The average molecular weight is 573 g/mol. The standard InChI is InChI=1S/C43H28N2/c1-3-27-24-36-37(25-28(27)4-2)42(33-18-9-8-17-32(33)41(36)29-14-6-5-7-15-29)30-22-23-34-35(26-30)31-16-10-12-20-39(31)45-40-21-13-11-19-38(40)44-43(34)45/h3-26H,1-2H2. The van der Waals surface area contributed by atoms with Crippen molar-refractivity contribution in [3.05, 3.63) is 158 Å². The van der Waals surface area contributed by atoms with Crippen molar-refractivity contribution in [3.63, 3.8) is 0 Å². The van der Waals surface area contributed by atoms with Gasteiger partial charge in [0.15, 0.2) is 0 Å². The number of hydrogen-bond acceptors (Lipinski definition) is 1. The maximum Gasteiger partial charge on any atom is 0.146 e. The fourth-order valence-electron chi connectivity index (χ4n) is 7.30. The van der Waals surface area contributed by atoms with Crippen LogP contribution in [0.1, 0.15) is 11.1 Å². The molecule has 0 spiro atoms. The van der Waals surface area contributed by atoms with Crippen LogP contribution in [0, 0.1) is 0 Å². The lowest BCUT2D eigenvalue weighted by Crippen LogP contribution is -1.94. The second-order valence-electron chi connectivity index (χ2n) is 11.6. The van der Waals surface area contributed by atoms with Gasteiger partial charge in [0.25, 0.3) is 0 Å². The van der Waals surface area contributed by atoms with Crippen molar-refractivity contribution in [1.82, 2.24) is 9.38 Å². The number of benzene rings is 7. The minimum atomic E-state index is 0.982. The quantitative estimate of drug-likeness (QED) is 0.151. The van der Waals surface area contributed by atoms with Crippen molar-refractivity contribution in [2.75, 3.05) is 0 Å². The third-order valence-electron chi connectivity index (χ3n) is 9.27. The van der Waals surface area contributed by atoms with E-state index in [4.69, 9.17) is 4.98 Å². The highest BCUT2D eigenvalue weighted by molar-refractivity contribution is 6.23. The third-order valence-corrected chi connectivity index (χ3v) is 9.27. The normalized spacial score (nSPS) is 11.7. The first kappa shape index (κ1) is 25.5. The van der Waals surface area contributed by atoms with E-state index in [1.807, 2.05) is 12.2 Å². The molecule has 45 heavy (non-hydrogen) atoms. The van der Waals surface area contributed by atoms with Gasteiger partial charge >= 0.3 is 0 Å². The SMILES string of the molecule is C=Cc1cc2c(-c3ccccc3)c3ccccc3c(-c3ccc4c(c3)c3ccccc3n3c5ccccc5nc43)c2cc1C=C. The Morgan fingerprint density at radius 3 is 1.71 bits per heavy atom. The van der Waals surface area contributed by atoms with Crippen molar-refractivity contribution in [2.45, 2.75) is 0 Å². The van der Waals surface area contributed by atoms with Crippen LogP contribution in [0.2, 0.25) is 0 Å². The van der Waals surface area contributed by atoms with Gasteiger partial charge in [-0.3, -0.25) is 4.40 Å². The number of nitrogens with zero attached hydrogens (tertiary/aromatic N) is 2. The maximum absolute atomic E-state index is 5.13. The molecule has 2 heteroatoms. The maximum atomic E-state index is 5.13. The molecular weight excluding hydrogens is 544 g/mol. The molecule has 0 radical (unpaired) electrons. The summed E-state index contributed by atoms with van der Waals surface area (Å²) < 4.78 is 2.30. The Bertz CT molecular complexity index is 2680. The molecule has 210 valence electrons. The van der Waals surface area contributed by atoms with Crippen LogP contribution in [0.5, 0.6) is 0 Å². The summed E-state index contributed by atoms with van der Waals surface area (Å²) in [6.07, 6.45) is 3.87. The van der Waals surface area contributed by atoms with E-state index >= 15 is 0 Å². The smallest absolute Gasteiger partial charge is 0.146 e. The Morgan fingerprint density at radius 1 is 0.444 bits per heavy atom. The highest BCUT2D eigenvalue weighted by Crippen LogP contribution is 2.46. The van der Waals surface area contributed by atoms with Gasteiger partial charge in [-0.05, 0) is 103 Å². The summed E-state index contributed by atoms with van der Waals surface area (Å²) in [5.41, 5.74) is 11.2. The van der Waals surface area contributed by atoms with Crippen LogP contribution in [0.15, 0.2) is 147 Å². The molecule has 0 N–H and O–H groups in total. The number of pyridine rings is 1. The highest BCUT2D eigenvalue weighted by Gasteiger charge is 2.20. The summed E-state index contributed by atoms with van der Waals surface area (Å²) in [5.74, 6) is 0. The molecule has 0 amide bonds. The molecule has 0 unspecified atom stereocenters. The number of aromatic nitrogens is 2. The van der Waals surface area contributed by atoms with E-state index < -0.39 is 0 Å². The largest absolute Gasteiger partial charge is 0.292 e. The van der Waals surface area contributed by atoms with Gasteiger partial charge in [-0.15, -0.1) is 0 Å². The van der Waals surface area contributed by atoms with Crippen molar-refractivity contribution in [1.29, 1.82) is 0 Å². The van der Waals surface area contributed by atoms with Crippen LogP contribution in [-0.4, -0.2) is 9.38 Å². The van der Waals surface area contributed by atoms with E-state index in [2.05, 4.69) is 151 Å².